The van der Waals surface area contributed by atoms with Crippen LogP contribution < -0.4 is 10.6 Å². The molecule has 286 valence electrons. The monoisotopic (exact) mass is 755 g/mol. The van der Waals surface area contributed by atoms with E-state index in [1.807, 2.05) is 0 Å². The summed E-state index contributed by atoms with van der Waals surface area (Å²) >= 11 is 0. The molecule has 0 radical (unpaired) electrons. The molecule has 4 heteroatoms. The molecule has 0 bridgehead atoms. The van der Waals surface area contributed by atoms with E-state index in [0.29, 0.717) is 17.8 Å². The first-order chi connectivity index (χ1) is 28.5. The van der Waals surface area contributed by atoms with E-state index in [2.05, 4.69) is 170 Å². The minimum absolute atomic E-state index is 0.0178. The molecule has 0 saturated heterocycles. The van der Waals surface area contributed by atoms with Gasteiger partial charge in [-0.1, -0.05) is 167 Å². The van der Waals surface area contributed by atoms with Gasteiger partial charge in [0.2, 0.25) is 0 Å². The first-order valence-corrected chi connectivity index (χ1v) is 21.6. The summed E-state index contributed by atoms with van der Waals surface area (Å²) in [6.07, 6.45) is 21.6. The summed E-state index contributed by atoms with van der Waals surface area (Å²) in [5.74, 6) is 2.15. The number of rotatable bonds is 4. The van der Waals surface area contributed by atoms with Crippen LogP contribution in [0.15, 0.2) is 161 Å². The van der Waals surface area contributed by atoms with Crippen LogP contribution in [0.3, 0.4) is 0 Å². The van der Waals surface area contributed by atoms with Crippen LogP contribution in [-0.2, 0) is 10.8 Å². The average Bonchev–Trinajstić information content (AvgIpc) is 3.86. The molecule has 6 aromatic rings. The van der Waals surface area contributed by atoms with Gasteiger partial charge in [0.1, 0.15) is 23.2 Å². The van der Waals surface area contributed by atoms with Crippen molar-refractivity contribution in [3.05, 3.63) is 185 Å². The minimum atomic E-state index is -0.273. The molecule has 58 heavy (non-hydrogen) atoms. The van der Waals surface area contributed by atoms with Crippen molar-refractivity contribution in [2.45, 2.75) is 81.5 Å². The highest BCUT2D eigenvalue weighted by Crippen LogP contribution is 2.64. The van der Waals surface area contributed by atoms with Crippen LogP contribution >= 0.6 is 0 Å². The van der Waals surface area contributed by atoms with E-state index in [-0.39, 0.29) is 23.2 Å². The Kier molecular flexibility index (Phi) is 7.64. The fraction of sp³-hybridized carbons (Fsp3) is 0.278. The van der Waals surface area contributed by atoms with Gasteiger partial charge in [-0.2, -0.15) is 0 Å². The number of nitrogens with zero attached hydrogens (tertiary/aromatic N) is 1. The second-order valence-corrected chi connectivity index (χ2v) is 18.2. The zero-order valence-electron chi connectivity index (χ0n) is 33.3. The van der Waals surface area contributed by atoms with E-state index >= 15 is 0 Å². The lowest BCUT2D eigenvalue weighted by atomic mass is 9.62. The molecule has 5 aliphatic carbocycles. The van der Waals surface area contributed by atoms with Gasteiger partial charge in [-0.25, -0.2) is 4.99 Å². The predicted octanol–water partition coefficient (Wildman–Crippen LogP) is 12.6. The second kappa shape index (κ2) is 12.9. The van der Waals surface area contributed by atoms with Crippen molar-refractivity contribution >= 4 is 33.3 Å². The summed E-state index contributed by atoms with van der Waals surface area (Å²) in [7, 11) is 0. The third-order valence-electron chi connectivity index (χ3n) is 14.8. The Hall–Kier alpha value is -5.71. The molecule has 6 aliphatic rings. The maximum absolute atomic E-state index is 6.83. The Morgan fingerprint density at radius 1 is 0.724 bits per heavy atom. The van der Waals surface area contributed by atoms with Crippen LogP contribution in [0.4, 0.5) is 0 Å². The Labute approximate surface area is 341 Å². The number of benzene rings is 5. The van der Waals surface area contributed by atoms with Gasteiger partial charge < -0.3 is 9.73 Å². The number of allylic oxidation sites excluding steroid dienone is 7. The number of fused-ring (bicyclic) bond motifs is 11. The van der Waals surface area contributed by atoms with Crippen LogP contribution in [0.1, 0.15) is 97.8 Å². The molecule has 5 aromatic carbocycles. The number of hydrogen-bond donors (Lipinski definition) is 2. The van der Waals surface area contributed by atoms with Gasteiger partial charge in [0.25, 0.3) is 0 Å². The Morgan fingerprint density at radius 2 is 1.53 bits per heavy atom. The van der Waals surface area contributed by atoms with Crippen molar-refractivity contribution in [3.8, 4) is 11.1 Å². The standard InChI is InChI=1S/C54H49N3O/c1-53(2)44-25-15-21-36(48(44)42-32-46-40(31-45(42)53)37-20-10-11-24-43(37)54(46)28-12-5-13-29-54)35-26-27-47-41(30-35)38-22-14-23-39(49(38)58-47)52-56-50(33-16-6-3-7-17-33)55-51(57-52)34-18-8-4-9-19-34/h3-4,6-11,14-18,20-27,30-32,34,40,46,51-52,57H,5,12-13,19,28-29H2,1-2H3,(H,55,56). The molecule has 1 aliphatic heterocycles. The smallest absolute Gasteiger partial charge is 0.142 e. The molecule has 5 atom stereocenters. The highest BCUT2D eigenvalue weighted by molar-refractivity contribution is 6.08. The molecule has 2 N–H and O–H groups in total. The third-order valence-corrected chi connectivity index (χ3v) is 14.8. The highest BCUT2D eigenvalue weighted by Gasteiger charge is 2.54. The molecular weight excluding hydrogens is 707 g/mol. The van der Waals surface area contributed by atoms with Gasteiger partial charge >= 0.3 is 0 Å². The molecule has 4 nitrogen and oxygen atoms in total. The molecule has 1 spiro atoms. The van der Waals surface area contributed by atoms with Gasteiger partial charge in [0, 0.05) is 44.6 Å². The molecule has 1 aromatic heterocycles. The summed E-state index contributed by atoms with van der Waals surface area (Å²) in [5, 5.41) is 9.86. The topological polar surface area (TPSA) is 49.6 Å². The van der Waals surface area contributed by atoms with Gasteiger partial charge in [-0.05, 0) is 81.8 Å². The molecule has 2 heterocycles. The molecule has 12 rings (SSSR count). The first kappa shape index (κ1) is 34.3. The average molecular weight is 756 g/mol. The summed E-state index contributed by atoms with van der Waals surface area (Å²) in [6.45, 7) is 4.89. The van der Waals surface area contributed by atoms with Crippen molar-refractivity contribution < 1.29 is 4.42 Å². The van der Waals surface area contributed by atoms with E-state index in [1.165, 1.54) is 65.5 Å². The lowest BCUT2D eigenvalue weighted by Gasteiger charge is -2.42. The van der Waals surface area contributed by atoms with Gasteiger partial charge in [0.15, 0.2) is 0 Å². The summed E-state index contributed by atoms with van der Waals surface area (Å²) in [5.41, 5.74) is 15.7. The number of hydrogen-bond acceptors (Lipinski definition) is 4. The number of nitrogens with one attached hydrogen (secondary N) is 2. The van der Waals surface area contributed by atoms with Crippen LogP contribution in [0, 0.1) is 11.8 Å². The van der Waals surface area contributed by atoms with Gasteiger partial charge in [0.05, 0.1) is 6.17 Å². The SMILES string of the molecule is CC1(C)C2=CC3c4ccccc4C4(CCCCC4)C3C=C2c2c(-c3ccc4oc5c(C6N=C(c7ccccc7)NC(C7C=CC=CC7)N6)cccc5c4c3)cccc21. The summed E-state index contributed by atoms with van der Waals surface area (Å²) in [4.78, 5) is 5.29. The lowest BCUT2D eigenvalue weighted by Crippen LogP contribution is -2.54. The van der Waals surface area contributed by atoms with Gasteiger partial charge in [-0.3, -0.25) is 5.32 Å². The molecule has 0 amide bonds. The molecular formula is C54H49N3O. The van der Waals surface area contributed by atoms with Crippen molar-refractivity contribution in [1.82, 2.24) is 10.6 Å². The van der Waals surface area contributed by atoms with E-state index in [0.717, 1.165) is 45.3 Å². The van der Waals surface area contributed by atoms with Crippen molar-refractivity contribution in [2.24, 2.45) is 16.8 Å². The van der Waals surface area contributed by atoms with Crippen LogP contribution in [0.25, 0.3) is 38.6 Å². The van der Waals surface area contributed by atoms with E-state index in [9.17, 15) is 0 Å². The zero-order chi connectivity index (χ0) is 38.6. The zero-order valence-corrected chi connectivity index (χ0v) is 33.3. The number of para-hydroxylation sites is 1. The molecule has 1 saturated carbocycles. The van der Waals surface area contributed by atoms with Crippen molar-refractivity contribution in [2.75, 3.05) is 0 Å². The fourth-order valence-electron chi connectivity index (χ4n) is 12.0. The Morgan fingerprint density at radius 3 is 2.40 bits per heavy atom. The number of furan rings is 1. The van der Waals surface area contributed by atoms with E-state index in [1.54, 1.807) is 11.1 Å². The number of aliphatic imine (C=N–C) groups is 1. The normalized spacial score (nSPS) is 26.0. The maximum atomic E-state index is 6.83. The Balaban J connectivity index is 0.968. The van der Waals surface area contributed by atoms with Gasteiger partial charge in [-0.15, -0.1) is 0 Å². The number of amidine groups is 1. The van der Waals surface area contributed by atoms with E-state index in [4.69, 9.17) is 9.41 Å². The van der Waals surface area contributed by atoms with E-state index < -0.39 is 0 Å². The van der Waals surface area contributed by atoms with Crippen LogP contribution in [0.2, 0.25) is 0 Å². The fourth-order valence-corrected chi connectivity index (χ4v) is 12.0. The van der Waals surface area contributed by atoms with Crippen molar-refractivity contribution in [1.29, 1.82) is 0 Å². The lowest BCUT2D eigenvalue weighted by molar-refractivity contribution is 0.233. The first-order valence-electron chi connectivity index (χ1n) is 21.6. The third kappa shape index (κ3) is 5.00. The summed E-state index contributed by atoms with van der Waals surface area (Å²) < 4.78 is 6.83. The highest BCUT2D eigenvalue weighted by atomic mass is 16.3. The quantitative estimate of drug-likeness (QED) is 0.188. The summed E-state index contributed by atoms with van der Waals surface area (Å²) in [6, 6.07) is 40.4. The largest absolute Gasteiger partial charge is 0.456 e. The van der Waals surface area contributed by atoms with Crippen LogP contribution in [0.5, 0.6) is 0 Å². The van der Waals surface area contributed by atoms with Crippen LogP contribution in [-0.4, -0.2) is 12.0 Å². The van der Waals surface area contributed by atoms with Crippen molar-refractivity contribution in [3.63, 3.8) is 0 Å². The molecule has 1 fully saturated rings. The second-order valence-electron chi connectivity index (χ2n) is 18.2. The molecule has 5 unspecified atom stereocenters. The minimum Gasteiger partial charge on any atom is -0.456 e. The predicted molar refractivity (Wildman–Crippen MR) is 238 cm³/mol. The maximum Gasteiger partial charge on any atom is 0.142 e. The Bertz CT molecular complexity index is 2810.